The Labute approximate surface area is 227 Å². The summed E-state index contributed by atoms with van der Waals surface area (Å²) in [6.07, 6.45) is 0. The molecule has 0 amide bonds. The molecule has 0 bridgehead atoms. The molecule has 1 N–H and O–H groups in total. The van der Waals surface area contributed by atoms with E-state index in [1.165, 1.54) is 44.2 Å². The van der Waals surface area contributed by atoms with Crippen LogP contribution in [0.3, 0.4) is 0 Å². The van der Waals surface area contributed by atoms with Crippen molar-refractivity contribution in [2.45, 2.75) is 110 Å². The van der Waals surface area contributed by atoms with Gasteiger partial charge in [-0.15, -0.1) is 0 Å². The molecule has 2 heteroatoms. The second-order valence-corrected chi connectivity index (χ2v) is 19.6. The number of benzene rings is 3. The lowest BCUT2D eigenvalue weighted by Crippen LogP contribution is -2.36. The van der Waals surface area contributed by atoms with Crippen LogP contribution in [0.5, 0.6) is 0 Å². The van der Waals surface area contributed by atoms with Gasteiger partial charge in [0.25, 0.3) is 0 Å². The van der Waals surface area contributed by atoms with Crippen LogP contribution < -0.4 is 5.30 Å². The predicted octanol–water partition coefficient (Wildman–Crippen LogP) is 10.4. The fourth-order valence-electron chi connectivity index (χ4n) is 6.30. The first-order valence-corrected chi connectivity index (χ1v) is 15.6. The Morgan fingerprint density at radius 1 is 0.541 bits per heavy atom. The Balaban J connectivity index is 2.10. The summed E-state index contributed by atoms with van der Waals surface area (Å²) in [6, 6.07) is 23.2. The highest BCUT2D eigenvalue weighted by atomic mass is 31.2. The van der Waals surface area contributed by atoms with Gasteiger partial charge in [0.05, 0.1) is 0 Å². The van der Waals surface area contributed by atoms with Crippen molar-refractivity contribution in [1.82, 2.24) is 0 Å². The molecule has 0 unspecified atom stereocenters. The molecule has 0 aromatic heterocycles. The van der Waals surface area contributed by atoms with E-state index < -0.39 is 7.05 Å². The van der Waals surface area contributed by atoms with E-state index in [1.54, 1.807) is 0 Å². The zero-order valence-electron chi connectivity index (χ0n) is 25.3. The van der Waals surface area contributed by atoms with Gasteiger partial charge < -0.3 is 5.16 Å². The van der Waals surface area contributed by atoms with Crippen molar-refractivity contribution in [1.29, 1.82) is 5.16 Å². The molecule has 4 rings (SSSR count). The average Bonchev–Trinajstić information content (AvgIpc) is 3.08. The molecule has 1 aliphatic rings. The van der Waals surface area contributed by atoms with Gasteiger partial charge in [0, 0.05) is 23.3 Å². The molecule has 0 radical (unpaired) electrons. The van der Waals surface area contributed by atoms with Gasteiger partial charge in [-0.25, -0.2) is 0 Å². The molecule has 0 atom stereocenters. The minimum absolute atomic E-state index is 0.0768. The number of hydrogen-bond donors (Lipinski definition) is 1. The third-order valence-corrected chi connectivity index (χ3v) is 13.5. The van der Waals surface area contributed by atoms with Crippen LogP contribution >= 0.6 is 7.05 Å². The van der Waals surface area contributed by atoms with Gasteiger partial charge in [-0.1, -0.05) is 144 Å². The van der Waals surface area contributed by atoms with Crippen LogP contribution in [0.1, 0.15) is 117 Å². The van der Waals surface area contributed by atoms with Crippen molar-refractivity contribution in [3.8, 4) is 11.1 Å². The molecule has 0 saturated carbocycles. The number of rotatable bonds is 2. The van der Waals surface area contributed by atoms with Gasteiger partial charge in [0.1, 0.15) is 0 Å². The fraction of sp³-hybridized carbons (Fsp3) is 0.486. The van der Waals surface area contributed by atoms with Crippen molar-refractivity contribution in [3.63, 3.8) is 0 Å². The molecule has 0 aliphatic heterocycles. The Kier molecular flexibility index (Phi) is 6.57. The zero-order valence-corrected chi connectivity index (χ0v) is 26.2. The Morgan fingerprint density at radius 2 is 0.946 bits per heavy atom. The Bertz CT molecular complexity index is 1300. The largest absolute Gasteiger partial charge is 0.313 e. The number of nitrogens with one attached hydrogen (secondary N) is 1. The monoisotopic (exact) mass is 513 g/mol. The second-order valence-electron chi connectivity index (χ2n) is 15.1. The normalized spacial score (nSPS) is 15.0. The Morgan fingerprint density at radius 3 is 1.32 bits per heavy atom. The summed E-state index contributed by atoms with van der Waals surface area (Å²) in [5.41, 5.74) is 9.72. The van der Waals surface area contributed by atoms with Crippen molar-refractivity contribution in [3.05, 3.63) is 88.5 Å². The van der Waals surface area contributed by atoms with E-state index in [1.807, 2.05) is 0 Å². The van der Waals surface area contributed by atoms with E-state index >= 15 is 0 Å². The minimum atomic E-state index is -2.34. The summed E-state index contributed by atoms with van der Waals surface area (Å²) in [4.78, 5) is 0. The van der Waals surface area contributed by atoms with Crippen molar-refractivity contribution < 1.29 is 0 Å². The maximum Gasteiger partial charge on any atom is 0.0359 e. The second kappa shape index (κ2) is 8.71. The van der Waals surface area contributed by atoms with E-state index in [9.17, 15) is 5.16 Å². The van der Waals surface area contributed by atoms with E-state index in [2.05, 4.69) is 144 Å². The van der Waals surface area contributed by atoms with E-state index in [4.69, 9.17) is 0 Å². The summed E-state index contributed by atoms with van der Waals surface area (Å²) < 4.78 is 0. The molecule has 0 spiro atoms. The maximum absolute atomic E-state index is 10.2. The lowest BCUT2D eigenvalue weighted by atomic mass is 9.81. The smallest absolute Gasteiger partial charge is 0.0359 e. The van der Waals surface area contributed by atoms with Crippen molar-refractivity contribution in [2.75, 3.05) is 0 Å². The van der Waals surface area contributed by atoms with Crippen LogP contribution in [0.15, 0.2) is 60.7 Å². The molecule has 1 nitrogen and oxygen atoms in total. The molecular formula is C35H48NP. The summed E-state index contributed by atoms with van der Waals surface area (Å²) in [7, 11) is -2.34. The van der Waals surface area contributed by atoms with Crippen LogP contribution in [-0.2, 0) is 10.8 Å². The lowest BCUT2D eigenvalue weighted by Gasteiger charge is -2.46. The van der Waals surface area contributed by atoms with E-state index in [-0.39, 0.29) is 27.1 Å². The first kappa shape index (κ1) is 27.9. The van der Waals surface area contributed by atoms with Gasteiger partial charge in [-0.3, -0.25) is 0 Å². The first-order chi connectivity index (χ1) is 16.8. The quantitative estimate of drug-likeness (QED) is 0.258. The zero-order chi connectivity index (χ0) is 27.8. The standard InChI is InChI=1S/C35H48NP/c1-32(2,3)23-17-19-25-26-20-18-24(33(4,5)6)22-29(26)31(28(25)21-23)27-15-13-14-16-30(27)37(36,34(7,8)9)35(10,11)12/h13-22,31,36H,1-12H3. The van der Waals surface area contributed by atoms with Crippen LogP contribution in [-0.4, -0.2) is 10.3 Å². The average molecular weight is 514 g/mol. The maximum atomic E-state index is 10.2. The number of fused-ring (bicyclic) bond motifs is 3. The van der Waals surface area contributed by atoms with Crippen LogP contribution in [0.2, 0.25) is 0 Å². The van der Waals surface area contributed by atoms with Gasteiger partial charge in [0.2, 0.25) is 0 Å². The highest BCUT2D eigenvalue weighted by Crippen LogP contribution is 2.67. The molecule has 0 saturated heterocycles. The molecule has 0 fully saturated rings. The molecule has 198 valence electrons. The summed E-state index contributed by atoms with van der Waals surface area (Å²) in [5.74, 6) is 0.139. The van der Waals surface area contributed by atoms with Crippen molar-refractivity contribution in [2.24, 2.45) is 0 Å². The van der Waals surface area contributed by atoms with E-state index in [0.29, 0.717) is 0 Å². The van der Waals surface area contributed by atoms with Gasteiger partial charge in [0.15, 0.2) is 0 Å². The molecule has 37 heavy (non-hydrogen) atoms. The fourth-order valence-corrected chi connectivity index (χ4v) is 10.7. The highest BCUT2D eigenvalue weighted by Gasteiger charge is 2.46. The molecule has 3 aromatic rings. The third-order valence-electron chi connectivity index (χ3n) is 8.37. The van der Waals surface area contributed by atoms with Crippen molar-refractivity contribution >= 4 is 12.4 Å². The lowest BCUT2D eigenvalue weighted by molar-refractivity contribution is 0.589. The predicted molar refractivity (Wildman–Crippen MR) is 165 cm³/mol. The summed E-state index contributed by atoms with van der Waals surface area (Å²) in [6.45, 7) is 27.5. The molecular weight excluding hydrogens is 465 g/mol. The van der Waals surface area contributed by atoms with E-state index in [0.717, 1.165) is 0 Å². The SMILES string of the molecule is CC(C)(C)c1ccc2c(c1)C(c1ccccc1P(=N)(C(C)(C)C)C(C)(C)C)c1cc(C(C)(C)C)ccc1-2. The van der Waals surface area contributed by atoms with Gasteiger partial charge in [-0.05, 0) is 55.1 Å². The molecule has 3 aromatic carbocycles. The van der Waals surface area contributed by atoms with Crippen LogP contribution in [0, 0.1) is 5.16 Å². The number of hydrogen-bond acceptors (Lipinski definition) is 1. The third kappa shape index (κ3) is 4.57. The summed E-state index contributed by atoms with van der Waals surface area (Å²) in [5, 5.41) is 11.2. The van der Waals surface area contributed by atoms with Gasteiger partial charge >= 0.3 is 0 Å². The molecule has 0 heterocycles. The van der Waals surface area contributed by atoms with Crippen LogP contribution in [0.4, 0.5) is 0 Å². The summed E-state index contributed by atoms with van der Waals surface area (Å²) >= 11 is 0. The van der Waals surface area contributed by atoms with Crippen LogP contribution in [0.25, 0.3) is 11.1 Å². The highest BCUT2D eigenvalue weighted by molar-refractivity contribution is 7.75. The minimum Gasteiger partial charge on any atom is -0.313 e. The Hall–Kier alpha value is -2.11. The van der Waals surface area contributed by atoms with Gasteiger partial charge in [-0.2, -0.15) is 0 Å². The first-order valence-electron chi connectivity index (χ1n) is 13.8. The topological polar surface area (TPSA) is 23.9 Å². The molecule has 1 aliphatic carbocycles.